The third kappa shape index (κ3) is 3.78. The number of ether oxygens (including phenoxy) is 1. The van der Waals surface area contributed by atoms with Crippen LogP contribution in [0.5, 0.6) is 0 Å². The first-order chi connectivity index (χ1) is 16.0. The molecule has 0 saturated carbocycles. The van der Waals surface area contributed by atoms with Gasteiger partial charge in [0.2, 0.25) is 10.0 Å². The van der Waals surface area contributed by atoms with Crippen LogP contribution < -0.4 is 0 Å². The van der Waals surface area contributed by atoms with Crippen molar-refractivity contribution >= 4 is 10.0 Å². The van der Waals surface area contributed by atoms with Gasteiger partial charge in [0.1, 0.15) is 0 Å². The van der Waals surface area contributed by atoms with E-state index in [2.05, 4.69) is 0 Å². The van der Waals surface area contributed by atoms with Gasteiger partial charge in [-0.2, -0.15) is 4.31 Å². The van der Waals surface area contributed by atoms with Gasteiger partial charge < -0.3 is 4.74 Å². The maximum Gasteiger partial charge on any atom is 0.246 e. The van der Waals surface area contributed by atoms with Gasteiger partial charge in [0.25, 0.3) is 0 Å². The number of sulfonamides is 1. The van der Waals surface area contributed by atoms with Crippen LogP contribution in [0.3, 0.4) is 0 Å². The summed E-state index contributed by atoms with van der Waals surface area (Å²) in [5.74, 6) is 0. The van der Waals surface area contributed by atoms with Gasteiger partial charge in [0, 0.05) is 17.7 Å². The maximum atomic E-state index is 14.1. The number of hydrogen-bond donors (Lipinski definition) is 0. The molecule has 0 spiro atoms. The fourth-order valence-electron chi connectivity index (χ4n) is 4.45. The molecule has 1 aliphatic rings. The highest BCUT2D eigenvalue weighted by molar-refractivity contribution is 7.89. The quantitative estimate of drug-likeness (QED) is 0.390. The summed E-state index contributed by atoms with van der Waals surface area (Å²) in [6.45, 7) is 2.14. The Labute approximate surface area is 195 Å². The molecule has 33 heavy (non-hydrogen) atoms. The van der Waals surface area contributed by atoms with Crippen molar-refractivity contribution in [3.8, 4) is 0 Å². The van der Waals surface area contributed by atoms with Gasteiger partial charge in [0.05, 0.1) is 11.0 Å². The molecule has 0 N–H and O–H groups in total. The van der Waals surface area contributed by atoms with Gasteiger partial charge in [-0.15, -0.1) is 0 Å². The Morgan fingerprint density at radius 2 is 1.21 bits per heavy atom. The van der Waals surface area contributed by atoms with Crippen molar-refractivity contribution in [3.05, 3.63) is 138 Å². The van der Waals surface area contributed by atoms with Crippen LogP contribution in [0.2, 0.25) is 0 Å². The lowest BCUT2D eigenvalue weighted by molar-refractivity contribution is -0.0532. The topological polar surface area (TPSA) is 46.6 Å². The average Bonchev–Trinajstić information content (AvgIpc) is 3.29. The summed E-state index contributed by atoms with van der Waals surface area (Å²) in [6.07, 6.45) is -0.424. The lowest BCUT2D eigenvalue weighted by atomic mass is 9.94. The molecule has 5 heteroatoms. The van der Waals surface area contributed by atoms with Crippen molar-refractivity contribution < 1.29 is 13.2 Å². The first-order valence-corrected chi connectivity index (χ1v) is 12.4. The third-order valence-electron chi connectivity index (χ3n) is 6.11. The van der Waals surface area contributed by atoms with Gasteiger partial charge in [-0.25, -0.2) is 8.42 Å². The number of nitrogens with zero attached hydrogens (tertiary/aromatic N) is 1. The van der Waals surface area contributed by atoms with E-state index in [-0.39, 0.29) is 11.4 Å². The largest absolute Gasteiger partial charge is 0.341 e. The molecule has 1 saturated heterocycles. The number of hydrogen-bond acceptors (Lipinski definition) is 3. The lowest BCUT2D eigenvalue weighted by Gasteiger charge is -2.37. The van der Waals surface area contributed by atoms with E-state index in [1.165, 1.54) is 4.31 Å². The predicted molar refractivity (Wildman–Crippen MR) is 129 cm³/mol. The zero-order valence-corrected chi connectivity index (χ0v) is 19.2. The van der Waals surface area contributed by atoms with Crippen molar-refractivity contribution in [2.24, 2.45) is 0 Å². The highest BCUT2D eigenvalue weighted by Crippen LogP contribution is 2.49. The molecule has 0 aliphatic carbocycles. The molecule has 4 aromatic rings. The predicted octanol–water partition coefficient (Wildman–Crippen LogP) is 5.66. The zero-order valence-electron chi connectivity index (χ0n) is 18.3. The molecule has 4 aromatic carbocycles. The minimum Gasteiger partial charge on any atom is -0.341 e. The number of benzene rings is 4. The van der Waals surface area contributed by atoms with Crippen molar-refractivity contribution in [3.63, 3.8) is 0 Å². The molecule has 1 atom stereocenters. The monoisotopic (exact) mass is 455 g/mol. The van der Waals surface area contributed by atoms with Crippen LogP contribution in [0.4, 0.5) is 0 Å². The van der Waals surface area contributed by atoms with Crippen LogP contribution in [0, 0.1) is 6.92 Å². The first-order valence-electron chi connectivity index (χ1n) is 11.0. The lowest BCUT2D eigenvalue weighted by Crippen LogP contribution is -2.46. The molecule has 0 radical (unpaired) electrons. The van der Waals surface area contributed by atoms with E-state index in [9.17, 15) is 8.42 Å². The first kappa shape index (κ1) is 21.6. The second-order valence-corrected chi connectivity index (χ2v) is 10.1. The van der Waals surface area contributed by atoms with E-state index in [0.29, 0.717) is 0 Å². The van der Waals surface area contributed by atoms with Crippen molar-refractivity contribution in [1.29, 1.82) is 0 Å². The fraction of sp³-hybridized carbons (Fsp3) is 0.143. The summed E-state index contributed by atoms with van der Waals surface area (Å²) in [5, 5.41) is 0. The molecule has 0 unspecified atom stereocenters. The normalized spacial score (nSPS) is 18.3. The van der Waals surface area contributed by atoms with Crippen molar-refractivity contribution in [1.82, 2.24) is 4.31 Å². The molecule has 1 aliphatic heterocycles. The molecule has 0 amide bonds. The Morgan fingerprint density at radius 3 is 1.73 bits per heavy atom. The van der Waals surface area contributed by atoms with Crippen LogP contribution in [0.25, 0.3) is 0 Å². The summed E-state index contributed by atoms with van der Waals surface area (Å²) >= 11 is 0. The molecule has 1 fully saturated rings. The van der Waals surface area contributed by atoms with Gasteiger partial charge in [-0.3, -0.25) is 0 Å². The Morgan fingerprint density at radius 1 is 0.727 bits per heavy atom. The number of rotatable bonds is 5. The molecule has 1 heterocycles. The van der Waals surface area contributed by atoms with Gasteiger partial charge >= 0.3 is 0 Å². The molecule has 4 nitrogen and oxygen atoms in total. The summed E-state index contributed by atoms with van der Waals surface area (Å²) < 4.78 is 36.6. The minimum atomic E-state index is -3.89. The average molecular weight is 456 g/mol. The molecule has 166 valence electrons. The van der Waals surface area contributed by atoms with Gasteiger partial charge in [-0.1, -0.05) is 109 Å². The third-order valence-corrected chi connectivity index (χ3v) is 7.96. The van der Waals surface area contributed by atoms with Crippen molar-refractivity contribution in [2.45, 2.75) is 23.6 Å². The summed E-state index contributed by atoms with van der Waals surface area (Å²) in [4.78, 5) is 0.252. The van der Waals surface area contributed by atoms with E-state index in [4.69, 9.17) is 4.74 Å². The number of aryl methyl sites for hydroxylation is 1. The zero-order chi connectivity index (χ0) is 22.9. The minimum absolute atomic E-state index is 0.198. The standard InChI is InChI=1S/C28H25NO3S/c1-22-17-19-26(20-18-22)33(30,31)29-21-27(23-11-5-2-6-12-23)32-28(29,24-13-7-3-8-14-24)25-15-9-4-10-16-25/h2-20,27H,21H2,1H3/t27-/m1/s1. The van der Waals surface area contributed by atoms with Crippen LogP contribution in [0.15, 0.2) is 120 Å². The molecule has 0 bridgehead atoms. The van der Waals surface area contributed by atoms with Gasteiger partial charge in [0.15, 0.2) is 5.72 Å². The van der Waals surface area contributed by atoms with E-state index in [0.717, 1.165) is 22.3 Å². The van der Waals surface area contributed by atoms with E-state index < -0.39 is 21.9 Å². The Hall–Kier alpha value is -3.25. The van der Waals surface area contributed by atoms with E-state index >= 15 is 0 Å². The highest BCUT2D eigenvalue weighted by atomic mass is 32.2. The maximum absolute atomic E-state index is 14.1. The Kier molecular flexibility index (Phi) is 5.62. The van der Waals surface area contributed by atoms with Gasteiger partial charge in [-0.05, 0) is 24.6 Å². The summed E-state index contributed by atoms with van der Waals surface area (Å²) in [6, 6.07) is 36.0. The second kappa shape index (κ2) is 8.60. The fourth-order valence-corrected chi connectivity index (χ4v) is 6.10. The molecular formula is C28H25NO3S. The van der Waals surface area contributed by atoms with Crippen LogP contribution in [-0.2, 0) is 20.5 Å². The van der Waals surface area contributed by atoms with Crippen LogP contribution in [-0.4, -0.2) is 19.3 Å². The smallest absolute Gasteiger partial charge is 0.246 e. The van der Waals surface area contributed by atoms with E-state index in [1.807, 2.05) is 110 Å². The summed E-state index contributed by atoms with van der Waals surface area (Å²) in [7, 11) is -3.89. The Bertz CT molecular complexity index is 1280. The second-order valence-electron chi connectivity index (χ2n) is 8.24. The highest BCUT2D eigenvalue weighted by Gasteiger charge is 2.55. The summed E-state index contributed by atoms with van der Waals surface area (Å²) in [5.41, 5.74) is 2.18. The molecule has 0 aromatic heterocycles. The van der Waals surface area contributed by atoms with E-state index in [1.54, 1.807) is 12.1 Å². The van der Waals surface area contributed by atoms with Crippen molar-refractivity contribution in [2.75, 3.05) is 6.54 Å². The van der Waals surface area contributed by atoms with Crippen LogP contribution in [0.1, 0.15) is 28.4 Å². The Balaban J connectivity index is 1.75. The van der Waals surface area contributed by atoms with Crippen LogP contribution >= 0.6 is 0 Å². The molecular weight excluding hydrogens is 430 g/mol. The SMILES string of the molecule is Cc1ccc(S(=O)(=O)N2C[C@H](c3ccccc3)OC2(c2ccccc2)c2ccccc2)cc1. The molecule has 5 rings (SSSR count).